The zero-order valence-corrected chi connectivity index (χ0v) is 20.8. The number of hydrogen-bond acceptors (Lipinski definition) is 6. The summed E-state index contributed by atoms with van der Waals surface area (Å²) in [5, 5.41) is 21.7. The number of aryl methyl sites for hydroxylation is 2. The SMILES string of the molecule is N=C(N)NCCCCCCCCn1ccn(CCCOCc2ccc(C3=NCCCN3)nc2)c1=N. The second kappa shape index (κ2) is 15.0. The standard InChI is InChI=1S/C25H41N9O/c26-24(27)31-11-5-3-1-2-4-6-14-33-16-17-34(25(33)28)15-8-18-35-20-21-9-10-22(32-19-21)23-29-12-7-13-30-23/h9-10,16-17,19,28H,1-8,11-15,18,20H2,(H,29,30)(H4,26,27,31). The second-order valence-electron chi connectivity index (χ2n) is 8.94. The van der Waals surface area contributed by atoms with Crippen LogP contribution in [0.2, 0.25) is 0 Å². The molecule has 0 bridgehead atoms. The maximum absolute atomic E-state index is 8.40. The predicted molar refractivity (Wildman–Crippen MR) is 138 cm³/mol. The Balaban J connectivity index is 1.25. The number of nitrogens with one attached hydrogen (secondary N) is 4. The summed E-state index contributed by atoms with van der Waals surface area (Å²) in [4.78, 5) is 8.98. The van der Waals surface area contributed by atoms with Gasteiger partial charge in [0, 0.05) is 57.9 Å². The van der Waals surface area contributed by atoms with E-state index in [0.29, 0.717) is 18.8 Å². The van der Waals surface area contributed by atoms with Crippen molar-refractivity contribution in [3.63, 3.8) is 0 Å². The van der Waals surface area contributed by atoms with Crippen molar-refractivity contribution in [2.45, 2.75) is 71.1 Å². The number of nitrogens with two attached hydrogens (primary N) is 1. The summed E-state index contributed by atoms with van der Waals surface area (Å²) < 4.78 is 9.83. The lowest BCUT2D eigenvalue weighted by atomic mass is 10.1. The third-order valence-electron chi connectivity index (χ3n) is 6.03. The Labute approximate surface area is 208 Å². The van der Waals surface area contributed by atoms with Gasteiger partial charge in [0.2, 0.25) is 5.62 Å². The molecule has 0 atom stereocenters. The molecule has 0 unspecified atom stereocenters. The lowest BCUT2D eigenvalue weighted by Crippen LogP contribution is -2.30. The first-order valence-electron chi connectivity index (χ1n) is 12.8. The number of imidazole rings is 1. The van der Waals surface area contributed by atoms with Gasteiger partial charge in [-0.2, -0.15) is 0 Å². The van der Waals surface area contributed by atoms with Gasteiger partial charge in [0.1, 0.15) is 11.5 Å². The van der Waals surface area contributed by atoms with Gasteiger partial charge in [0.25, 0.3) is 0 Å². The molecule has 0 aromatic carbocycles. The van der Waals surface area contributed by atoms with Crippen molar-refractivity contribution in [2.24, 2.45) is 10.7 Å². The van der Waals surface area contributed by atoms with E-state index >= 15 is 0 Å². The van der Waals surface area contributed by atoms with Crippen LogP contribution in [0.15, 0.2) is 35.7 Å². The molecule has 0 saturated carbocycles. The van der Waals surface area contributed by atoms with Gasteiger partial charge in [0.15, 0.2) is 5.96 Å². The van der Waals surface area contributed by atoms with Crippen LogP contribution >= 0.6 is 0 Å². The molecule has 0 aliphatic carbocycles. The van der Waals surface area contributed by atoms with Gasteiger partial charge in [-0.25, -0.2) is 0 Å². The minimum Gasteiger partial charge on any atom is -0.377 e. The minimum atomic E-state index is 0.0509. The van der Waals surface area contributed by atoms with Gasteiger partial charge in [-0.1, -0.05) is 31.7 Å². The maximum atomic E-state index is 8.40. The van der Waals surface area contributed by atoms with E-state index in [1.165, 1.54) is 19.3 Å². The van der Waals surface area contributed by atoms with Crippen LogP contribution in [-0.4, -0.2) is 52.2 Å². The van der Waals surface area contributed by atoms with E-state index in [0.717, 1.165) is 81.9 Å². The Morgan fingerprint density at radius 2 is 1.80 bits per heavy atom. The molecule has 0 radical (unpaired) electrons. The molecular formula is C25H41N9O. The quantitative estimate of drug-likeness (QED) is 0.141. The molecule has 2 aromatic heterocycles. The summed E-state index contributed by atoms with van der Waals surface area (Å²) in [6, 6.07) is 4.04. The van der Waals surface area contributed by atoms with Crippen LogP contribution in [0.5, 0.6) is 0 Å². The van der Waals surface area contributed by atoms with E-state index in [1.54, 1.807) is 0 Å². The van der Waals surface area contributed by atoms with Crippen molar-refractivity contribution in [2.75, 3.05) is 26.2 Å². The fourth-order valence-electron chi connectivity index (χ4n) is 4.05. The van der Waals surface area contributed by atoms with Crippen LogP contribution in [-0.2, 0) is 24.4 Å². The van der Waals surface area contributed by atoms with Crippen LogP contribution in [0.25, 0.3) is 0 Å². The largest absolute Gasteiger partial charge is 0.377 e. The molecule has 192 valence electrons. The molecule has 6 N–H and O–H groups in total. The van der Waals surface area contributed by atoms with E-state index in [9.17, 15) is 0 Å². The van der Waals surface area contributed by atoms with Gasteiger partial charge in [-0.15, -0.1) is 0 Å². The number of hydrogen-bond donors (Lipinski definition) is 5. The van der Waals surface area contributed by atoms with Crippen LogP contribution < -0.4 is 22.0 Å². The highest BCUT2D eigenvalue weighted by Gasteiger charge is 2.08. The topological polar surface area (TPSA) is 142 Å². The smallest absolute Gasteiger partial charge is 0.202 e. The van der Waals surface area contributed by atoms with Crippen LogP contribution in [0.4, 0.5) is 0 Å². The van der Waals surface area contributed by atoms with Gasteiger partial charge in [-0.3, -0.25) is 20.8 Å². The Hall–Kier alpha value is -3.14. The normalized spacial score (nSPS) is 13.3. The van der Waals surface area contributed by atoms with Crippen molar-refractivity contribution >= 4 is 11.8 Å². The number of guanidine groups is 1. The highest BCUT2D eigenvalue weighted by atomic mass is 16.5. The number of pyridine rings is 1. The Morgan fingerprint density at radius 3 is 2.49 bits per heavy atom. The first kappa shape index (κ1) is 26.5. The van der Waals surface area contributed by atoms with Crippen LogP contribution in [0, 0.1) is 10.8 Å². The zero-order valence-electron chi connectivity index (χ0n) is 20.8. The van der Waals surface area contributed by atoms with Gasteiger partial charge >= 0.3 is 0 Å². The highest BCUT2D eigenvalue weighted by Crippen LogP contribution is 2.07. The number of ether oxygens (including phenoxy) is 1. The molecule has 2 aromatic rings. The number of unbranched alkanes of at least 4 members (excludes halogenated alkanes) is 5. The molecule has 1 aliphatic rings. The van der Waals surface area contributed by atoms with Crippen molar-refractivity contribution < 1.29 is 4.74 Å². The molecule has 1 aliphatic heterocycles. The van der Waals surface area contributed by atoms with Crippen LogP contribution in [0.1, 0.15) is 62.6 Å². The van der Waals surface area contributed by atoms with Crippen molar-refractivity contribution in [1.82, 2.24) is 24.8 Å². The van der Waals surface area contributed by atoms with E-state index in [1.807, 2.05) is 39.9 Å². The van der Waals surface area contributed by atoms with E-state index in [4.69, 9.17) is 21.3 Å². The van der Waals surface area contributed by atoms with Crippen molar-refractivity contribution in [1.29, 1.82) is 10.8 Å². The average Bonchev–Trinajstić information content (AvgIpc) is 3.22. The van der Waals surface area contributed by atoms with Gasteiger partial charge < -0.3 is 30.2 Å². The summed E-state index contributed by atoms with van der Waals surface area (Å²) in [5.74, 6) is 0.934. The lowest BCUT2D eigenvalue weighted by molar-refractivity contribution is 0.115. The lowest BCUT2D eigenvalue weighted by Gasteiger charge is -2.14. The maximum Gasteiger partial charge on any atom is 0.202 e. The van der Waals surface area contributed by atoms with Gasteiger partial charge in [0.05, 0.1) is 6.61 Å². The van der Waals surface area contributed by atoms with Crippen molar-refractivity contribution in [3.8, 4) is 0 Å². The van der Waals surface area contributed by atoms with Crippen LogP contribution in [0.3, 0.4) is 0 Å². The second-order valence-corrected chi connectivity index (χ2v) is 8.94. The monoisotopic (exact) mass is 483 g/mol. The summed E-state index contributed by atoms with van der Waals surface area (Å²) in [6.45, 7) is 5.46. The number of aliphatic imine (C=N–C) groups is 1. The van der Waals surface area contributed by atoms with E-state index in [2.05, 4.69) is 20.6 Å². The zero-order chi connectivity index (χ0) is 24.7. The number of aromatic nitrogens is 3. The third kappa shape index (κ3) is 9.56. The Bertz CT molecular complexity index is 978. The molecule has 3 rings (SSSR count). The predicted octanol–water partition coefficient (Wildman–Crippen LogP) is 2.33. The Morgan fingerprint density at radius 1 is 1.06 bits per heavy atom. The fourth-order valence-corrected chi connectivity index (χ4v) is 4.05. The first-order valence-corrected chi connectivity index (χ1v) is 12.8. The van der Waals surface area contributed by atoms with Gasteiger partial charge in [-0.05, 0) is 37.3 Å². The molecule has 0 saturated heterocycles. The Kier molecular flexibility index (Phi) is 11.3. The molecule has 0 spiro atoms. The first-order chi connectivity index (χ1) is 17.1. The molecule has 3 heterocycles. The molecule has 10 heteroatoms. The number of amidine groups is 1. The number of rotatable bonds is 16. The summed E-state index contributed by atoms with van der Waals surface area (Å²) in [5.41, 5.74) is 7.76. The third-order valence-corrected chi connectivity index (χ3v) is 6.03. The molecule has 35 heavy (non-hydrogen) atoms. The molecule has 0 fully saturated rings. The molecule has 0 amide bonds. The average molecular weight is 484 g/mol. The van der Waals surface area contributed by atoms with E-state index < -0.39 is 0 Å². The van der Waals surface area contributed by atoms with Crippen molar-refractivity contribution in [3.05, 3.63) is 47.6 Å². The fraction of sp³-hybridized carbons (Fsp3) is 0.600. The summed E-state index contributed by atoms with van der Waals surface area (Å²) >= 11 is 0. The highest BCUT2D eigenvalue weighted by molar-refractivity contribution is 5.97. The van der Waals surface area contributed by atoms with E-state index in [-0.39, 0.29) is 5.96 Å². The minimum absolute atomic E-state index is 0.0509. The number of nitrogens with zero attached hydrogens (tertiary/aromatic N) is 4. The molecular weight excluding hydrogens is 442 g/mol. The summed E-state index contributed by atoms with van der Waals surface area (Å²) in [6.07, 6.45) is 14.7. The summed E-state index contributed by atoms with van der Waals surface area (Å²) in [7, 11) is 0. The molecule has 10 nitrogen and oxygen atoms in total.